The average molecular weight is 322 g/mol. The highest BCUT2D eigenvalue weighted by Gasteiger charge is 2.27. The molecule has 1 fully saturated rings. The second-order valence-corrected chi connectivity index (χ2v) is 7.16. The molecule has 2 aromatic rings. The lowest BCUT2D eigenvalue weighted by molar-refractivity contribution is 0.251. The van der Waals surface area contributed by atoms with Gasteiger partial charge in [-0.05, 0) is 12.8 Å². The fourth-order valence-electron chi connectivity index (χ4n) is 2.14. The first kappa shape index (κ1) is 13.1. The third-order valence-electron chi connectivity index (χ3n) is 3.37. The Hall–Kier alpha value is -1.61. The summed E-state index contributed by atoms with van der Waals surface area (Å²) in [6.45, 7) is 1.41. The van der Waals surface area contributed by atoms with E-state index in [0.29, 0.717) is 17.6 Å². The van der Waals surface area contributed by atoms with E-state index in [1.54, 1.807) is 11.8 Å². The highest BCUT2D eigenvalue weighted by molar-refractivity contribution is 7.99. The largest absolute Gasteiger partial charge is 0.332 e. The van der Waals surface area contributed by atoms with Crippen LogP contribution in [0.5, 0.6) is 0 Å². The van der Waals surface area contributed by atoms with Gasteiger partial charge in [-0.3, -0.25) is 5.32 Å². The van der Waals surface area contributed by atoms with Crippen molar-refractivity contribution in [3.63, 3.8) is 0 Å². The summed E-state index contributed by atoms with van der Waals surface area (Å²) >= 11 is 3.20. The van der Waals surface area contributed by atoms with Gasteiger partial charge >= 0.3 is 6.03 Å². The van der Waals surface area contributed by atoms with Crippen LogP contribution < -0.4 is 10.6 Å². The molecule has 0 radical (unpaired) electrons. The van der Waals surface area contributed by atoms with E-state index in [0.717, 1.165) is 28.2 Å². The van der Waals surface area contributed by atoms with Crippen LogP contribution >= 0.6 is 23.1 Å². The number of carbonyl (C=O) groups excluding carboxylic acids is 1. The number of aryl methyl sites for hydroxylation is 1. The minimum absolute atomic E-state index is 0.269. The molecule has 1 saturated carbocycles. The second-order valence-electron chi connectivity index (χ2n) is 5.08. The summed E-state index contributed by atoms with van der Waals surface area (Å²) in [4.78, 5) is 16.3. The predicted molar refractivity (Wildman–Crippen MR) is 80.7 cm³/mol. The van der Waals surface area contributed by atoms with E-state index in [2.05, 4.69) is 30.4 Å². The number of nitrogens with zero attached hydrogens (tertiary/aromatic N) is 4. The summed E-state index contributed by atoms with van der Waals surface area (Å²) in [5, 5.41) is 16.2. The van der Waals surface area contributed by atoms with Gasteiger partial charge in [-0.15, -0.1) is 10.2 Å². The van der Waals surface area contributed by atoms with Crippen LogP contribution in [0.1, 0.15) is 29.5 Å². The molecule has 0 spiro atoms. The van der Waals surface area contributed by atoms with E-state index in [1.807, 2.05) is 6.20 Å². The van der Waals surface area contributed by atoms with Crippen LogP contribution in [0.2, 0.25) is 0 Å². The Kier molecular flexibility index (Phi) is 3.30. The lowest BCUT2D eigenvalue weighted by Gasteiger charge is -2.02. The molecule has 0 atom stereocenters. The molecule has 2 aromatic heterocycles. The maximum atomic E-state index is 11.8. The fourth-order valence-corrected chi connectivity index (χ4v) is 4.01. The Morgan fingerprint density at radius 1 is 1.43 bits per heavy atom. The zero-order chi connectivity index (χ0) is 14.2. The zero-order valence-electron chi connectivity index (χ0n) is 11.2. The highest BCUT2D eigenvalue weighted by atomic mass is 32.2. The first-order valence-electron chi connectivity index (χ1n) is 6.85. The minimum atomic E-state index is -0.269. The van der Waals surface area contributed by atoms with Gasteiger partial charge in [-0.2, -0.15) is 0 Å². The zero-order valence-corrected chi connectivity index (χ0v) is 12.8. The molecule has 2 N–H and O–H groups in total. The number of urea groups is 1. The van der Waals surface area contributed by atoms with E-state index in [9.17, 15) is 4.79 Å². The summed E-state index contributed by atoms with van der Waals surface area (Å²) in [5.41, 5.74) is 0.878. The Morgan fingerprint density at radius 2 is 2.33 bits per heavy atom. The molecule has 2 amide bonds. The smallest absolute Gasteiger partial charge is 0.321 e. The van der Waals surface area contributed by atoms with Gasteiger partial charge in [0.25, 0.3) is 0 Å². The molecule has 0 unspecified atom stereocenters. The molecule has 1 aliphatic carbocycles. The molecule has 0 bridgehead atoms. The summed E-state index contributed by atoms with van der Waals surface area (Å²) in [5.74, 6) is 1.64. The molecule has 1 aliphatic heterocycles. The summed E-state index contributed by atoms with van der Waals surface area (Å²) in [6, 6.07) is -0.269. The quantitative estimate of drug-likeness (QED) is 0.900. The van der Waals surface area contributed by atoms with E-state index >= 15 is 0 Å². The summed E-state index contributed by atoms with van der Waals surface area (Å²) in [7, 11) is 0. The van der Waals surface area contributed by atoms with Crippen molar-refractivity contribution in [1.29, 1.82) is 0 Å². The molecule has 7 nitrogen and oxygen atoms in total. The van der Waals surface area contributed by atoms with Crippen molar-refractivity contribution in [3.8, 4) is 0 Å². The molecular weight excluding hydrogens is 308 g/mol. The first-order chi connectivity index (χ1) is 10.3. The van der Waals surface area contributed by atoms with Crippen LogP contribution in [-0.2, 0) is 13.1 Å². The van der Waals surface area contributed by atoms with Gasteiger partial charge in [-0.1, -0.05) is 23.1 Å². The van der Waals surface area contributed by atoms with Crippen LogP contribution in [0.15, 0.2) is 11.4 Å². The van der Waals surface area contributed by atoms with E-state index in [1.165, 1.54) is 24.2 Å². The highest BCUT2D eigenvalue weighted by Crippen LogP contribution is 2.41. The van der Waals surface area contributed by atoms with Crippen LogP contribution in [0, 0.1) is 0 Å². The summed E-state index contributed by atoms with van der Waals surface area (Å²) in [6.07, 6.45) is 4.36. The van der Waals surface area contributed by atoms with Crippen molar-refractivity contribution in [2.45, 2.75) is 37.0 Å². The number of hydrogen-bond donors (Lipinski definition) is 2. The average Bonchev–Trinajstić information content (AvgIpc) is 2.88. The number of anilines is 1. The molecule has 21 heavy (non-hydrogen) atoms. The number of fused-ring (bicyclic) bond motifs is 1. The van der Waals surface area contributed by atoms with Gasteiger partial charge in [0, 0.05) is 24.4 Å². The van der Waals surface area contributed by atoms with Crippen molar-refractivity contribution in [2.75, 3.05) is 11.1 Å². The second kappa shape index (κ2) is 5.30. The Morgan fingerprint density at radius 3 is 3.14 bits per heavy atom. The summed E-state index contributed by atoms with van der Waals surface area (Å²) < 4.78 is 2.12. The number of nitrogens with one attached hydrogen (secondary N) is 2. The Bertz CT molecular complexity index is 656. The maximum absolute atomic E-state index is 11.8. The Balaban J connectivity index is 1.30. The molecule has 3 heterocycles. The van der Waals surface area contributed by atoms with Crippen LogP contribution in [0.4, 0.5) is 9.93 Å². The molecule has 9 heteroatoms. The number of amides is 2. The van der Waals surface area contributed by atoms with Crippen molar-refractivity contribution in [2.24, 2.45) is 0 Å². The molecule has 0 saturated heterocycles. The standard InChI is InChI=1S/C12H14N6OS2/c19-10(15-11-17-16-9(21-11)7-1-2-7)13-5-8-6-18-3-4-20-12(18)14-8/h6-7H,1-5H2,(H2,13,15,17,19). The molecule has 2 aliphatic rings. The van der Waals surface area contributed by atoms with Crippen LogP contribution in [0.25, 0.3) is 0 Å². The fraction of sp³-hybridized carbons (Fsp3) is 0.500. The van der Waals surface area contributed by atoms with Gasteiger partial charge in [0.1, 0.15) is 5.01 Å². The Labute approximate surface area is 129 Å². The van der Waals surface area contributed by atoms with Gasteiger partial charge in [0.15, 0.2) is 5.16 Å². The number of thioether (sulfide) groups is 1. The van der Waals surface area contributed by atoms with Crippen LogP contribution in [0.3, 0.4) is 0 Å². The number of rotatable bonds is 4. The van der Waals surface area contributed by atoms with Crippen molar-refractivity contribution < 1.29 is 4.79 Å². The van der Waals surface area contributed by atoms with Crippen molar-refractivity contribution >= 4 is 34.3 Å². The normalized spacial score (nSPS) is 16.8. The minimum Gasteiger partial charge on any atom is -0.332 e. The first-order valence-corrected chi connectivity index (χ1v) is 8.65. The number of carbonyl (C=O) groups is 1. The van der Waals surface area contributed by atoms with Gasteiger partial charge < -0.3 is 9.88 Å². The third-order valence-corrected chi connectivity index (χ3v) is 5.34. The lowest BCUT2D eigenvalue weighted by Crippen LogP contribution is -2.28. The maximum Gasteiger partial charge on any atom is 0.321 e. The van der Waals surface area contributed by atoms with Crippen LogP contribution in [-0.4, -0.2) is 31.5 Å². The molecule has 4 rings (SSSR count). The molecular formula is C12H14N6OS2. The topological polar surface area (TPSA) is 84.7 Å². The van der Waals surface area contributed by atoms with Gasteiger partial charge in [-0.25, -0.2) is 9.78 Å². The monoisotopic (exact) mass is 322 g/mol. The number of imidazole rings is 1. The molecule has 0 aromatic carbocycles. The van der Waals surface area contributed by atoms with Crippen molar-refractivity contribution in [1.82, 2.24) is 25.1 Å². The van der Waals surface area contributed by atoms with E-state index in [4.69, 9.17) is 0 Å². The predicted octanol–water partition coefficient (Wildman–Crippen LogP) is 2.04. The SMILES string of the molecule is O=C(NCc1cn2c(n1)SCC2)Nc1nnc(C2CC2)s1. The van der Waals surface area contributed by atoms with Gasteiger partial charge in [0.2, 0.25) is 5.13 Å². The lowest BCUT2D eigenvalue weighted by atomic mass is 10.5. The van der Waals surface area contributed by atoms with E-state index in [-0.39, 0.29) is 6.03 Å². The number of aromatic nitrogens is 4. The third kappa shape index (κ3) is 2.88. The van der Waals surface area contributed by atoms with Crippen molar-refractivity contribution in [3.05, 3.63) is 16.9 Å². The number of hydrogen-bond acceptors (Lipinski definition) is 6. The molecule has 110 valence electrons. The van der Waals surface area contributed by atoms with E-state index < -0.39 is 0 Å². The van der Waals surface area contributed by atoms with Gasteiger partial charge in [0.05, 0.1) is 12.2 Å².